The van der Waals surface area contributed by atoms with Gasteiger partial charge in [-0.3, -0.25) is 9.48 Å². The van der Waals surface area contributed by atoms with Crippen LogP contribution >= 0.6 is 0 Å². The molecule has 0 saturated heterocycles. The van der Waals surface area contributed by atoms with Crippen molar-refractivity contribution < 1.29 is 13.2 Å². The van der Waals surface area contributed by atoms with Crippen molar-refractivity contribution in [1.82, 2.24) is 19.4 Å². The minimum absolute atomic E-state index is 0.0783. The Labute approximate surface area is 179 Å². The zero-order valence-electron chi connectivity index (χ0n) is 18.5. The number of nitrogens with one attached hydrogen (secondary N) is 1. The minimum Gasteiger partial charge on any atom is -0.353 e. The summed E-state index contributed by atoms with van der Waals surface area (Å²) in [4.78, 5) is 12.1. The maximum atomic E-state index is 12.1. The highest BCUT2D eigenvalue weighted by molar-refractivity contribution is 7.89. The number of aryl methyl sites for hydroxylation is 2. The van der Waals surface area contributed by atoms with Crippen molar-refractivity contribution in [3.8, 4) is 0 Å². The molecule has 0 aliphatic carbocycles. The summed E-state index contributed by atoms with van der Waals surface area (Å²) < 4.78 is 26.7. The molecule has 0 radical (unpaired) electrons. The molecule has 1 aromatic carbocycles. The molecule has 0 saturated carbocycles. The zero-order valence-corrected chi connectivity index (χ0v) is 19.3. The molecule has 0 unspecified atom stereocenters. The molecule has 0 bridgehead atoms. The van der Waals surface area contributed by atoms with Crippen molar-refractivity contribution in [1.29, 1.82) is 0 Å². The van der Waals surface area contributed by atoms with E-state index in [-0.39, 0.29) is 11.7 Å². The van der Waals surface area contributed by atoms with Crippen molar-refractivity contribution in [3.05, 3.63) is 58.4 Å². The third-order valence-corrected chi connectivity index (χ3v) is 6.94. The lowest BCUT2D eigenvalue weighted by molar-refractivity contribution is -0.116. The van der Waals surface area contributed by atoms with Crippen LogP contribution in [0.15, 0.2) is 30.3 Å². The lowest BCUT2D eigenvalue weighted by atomic mass is 10.1. The zero-order chi connectivity index (χ0) is 22.3. The number of rotatable bonds is 10. The Morgan fingerprint density at radius 2 is 1.87 bits per heavy atom. The topological polar surface area (TPSA) is 84.3 Å². The first-order valence-corrected chi connectivity index (χ1v) is 11.7. The molecular weight excluding hydrogens is 400 g/mol. The van der Waals surface area contributed by atoms with Gasteiger partial charge in [-0.05, 0) is 45.8 Å². The largest absolute Gasteiger partial charge is 0.353 e. The van der Waals surface area contributed by atoms with Gasteiger partial charge in [0.1, 0.15) is 0 Å². The van der Waals surface area contributed by atoms with Crippen LogP contribution in [-0.4, -0.2) is 54.3 Å². The molecule has 1 aromatic heterocycles. The number of sulfonamides is 1. The van der Waals surface area contributed by atoms with Crippen LogP contribution in [0.1, 0.15) is 41.4 Å². The third kappa shape index (κ3) is 6.53. The molecule has 1 heterocycles. The van der Waals surface area contributed by atoms with E-state index in [0.717, 1.165) is 17.0 Å². The van der Waals surface area contributed by atoms with E-state index in [9.17, 15) is 13.2 Å². The Kier molecular flexibility index (Phi) is 8.37. The molecule has 7 nitrogen and oxygen atoms in total. The van der Waals surface area contributed by atoms with Crippen molar-refractivity contribution in [2.45, 2.75) is 40.7 Å². The van der Waals surface area contributed by atoms with E-state index in [2.05, 4.69) is 41.6 Å². The number of amides is 1. The first-order valence-electron chi connectivity index (χ1n) is 10.1. The molecule has 0 spiro atoms. The molecule has 0 aliphatic rings. The lowest BCUT2D eigenvalue weighted by Gasteiger charge is -2.15. The van der Waals surface area contributed by atoms with Gasteiger partial charge in [-0.1, -0.05) is 29.8 Å². The second kappa shape index (κ2) is 10.5. The maximum absolute atomic E-state index is 12.1. The van der Waals surface area contributed by atoms with Crippen LogP contribution in [0.25, 0.3) is 6.08 Å². The first kappa shape index (κ1) is 23.8. The summed E-state index contributed by atoms with van der Waals surface area (Å²) in [5.41, 5.74) is 5.21. The smallest absolute Gasteiger partial charge is 0.244 e. The Morgan fingerprint density at radius 1 is 1.20 bits per heavy atom. The molecule has 1 amide bonds. The fourth-order valence-electron chi connectivity index (χ4n) is 3.06. The van der Waals surface area contributed by atoms with E-state index in [1.54, 1.807) is 20.0 Å². The molecule has 2 aromatic rings. The summed E-state index contributed by atoms with van der Waals surface area (Å²) in [5, 5.41) is 7.40. The van der Waals surface area contributed by atoms with Crippen LogP contribution in [0.3, 0.4) is 0 Å². The number of benzene rings is 1. The van der Waals surface area contributed by atoms with Crippen molar-refractivity contribution >= 4 is 22.0 Å². The van der Waals surface area contributed by atoms with Crippen LogP contribution in [0, 0.1) is 20.8 Å². The lowest BCUT2D eigenvalue weighted by Crippen LogP contribution is -2.32. The minimum atomic E-state index is -3.18. The highest BCUT2D eigenvalue weighted by atomic mass is 32.2. The Hall–Kier alpha value is -2.45. The Balaban J connectivity index is 1.90. The van der Waals surface area contributed by atoms with E-state index in [4.69, 9.17) is 0 Å². The van der Waals surface area contributed by atoms with Gasteiger partial charge in [0.15, 0.2) is 0 Å². The molecule has 0 atom stereocenters. The fourth-order valence-corrected chi connectivity index (χ4v) is 3.91. The van der Waals surface area contributed by atoms with Crippen LogP contribution in [0.4, 0.5) is 0 Å². The van der Waals surface area contributed by atoms with E-state index in [0.29, 0.717) is 26.1 Å². The molecule has 1 N–H and O–H groups in total. The highest BCUT2D eigenvalue weighted by Gasteiger charge is 2.14. The molecule has 2 rings (SSSR count). The maximum Gasteiger partial charge on any atom is 0.244 e. The summed E-state index contributed by atoms with van der Waals surface area (Å²) in [7, 11) is -1.62. The van der Waals surface area contributed by atoms with E-state index >= 15 is 0 Å². The summed E-state index contributed by atoms with van der Waals surface area (Å²) in [6.45, 7) is 9.08. The third-order valence-electron chi connectivity index (χ3n) is 5.08. The van der Waals surface area contributed by atoms with E-state index < -0.39 is 10.0 Å². The van der Waals surface area contributed by atoms with Crippen LogP contribution in [-0.2, 0) is 21.4 Å². The molecule has 164 valence electrons. The molecule has 0 fully saturated rings. The highest BCUT2D eigenvalue weighted by Crippen LogP contribution is 2.16. The number of hydrogen-bond donors (Lipinski definition) is 1. The molecule has 30 heavy (non-hydrogen) atoms. The normalized spacial score (nSPS) is 12.1. The van der Waals surface area contributed by atoms with Crippen molar-refractivity contribution in [3.63, 3.8) is 0 Å². The number of hydrogen-bond acceptors (Lipinski definition) is 4. The van der Waals surface area contributed by atoms with Crippen LogP contribution in [0.2, 0.25) is 0 Å². The van der Waals surface area contributed by atoms with Gasteiger partial charge in [0.25, 0.3) is 0 Å². The van der Waals surface area contributed by atoms with Gasteiger partial charge in [0.05, 0.1) is 18.0 Å². The van der Waals surface area contributed by atoms with E-state index in [1.807, 2.05) is 18.5 Å². The summed E-state index contributed by atoms with van der Waals surface area (Å²) in [5.74, 6) is -0.129. The summed E-state index contributed by atoms with van der Waals surface area (Å²) in [6.07, 6.45) is 3.84. The predicted octanol–water partition coefficient (Wildman–Crippen LogP) is 2.66. The number of carbonyl (C=O) groups is 1. The molecular formula is C22H32N4O3S. The quantitative estimate of drug-likeness (QED) is 0.462. The predicted molar refractivity (Wildman–Crippen MR) is 121 cm³/mol. The summed E-state index contributed by atoms with van der Waals surface area (Å²) >= 11 is 0. The van der Waals surface area contributed by atoms with Gasteiger partial charge in [-0.25, -0.2) is 12.7 Å². The van der Waals surface area contributed by atoms with Gasteiger partial charge < -0.3 is 5.32 Å². The SMILES string of the molecule is CCS(=O)(=O)N(C)CCCNC(=O)/C=C/c1c(C)nn(Cc2ccc(C)cc2)c1C. The Morgan fingerprint density at radius 3 is 2.50 bits per heavy atom. The van der Waals surface area contributed by atoms with E-state index in [1.165, 1.54) is 21.5 Å². The van der Waals surface area contributed by atoms with Gasteiger partial charge in [0, 0.05) is 37.5 Å². The molecule has 0 aliphatic heterocycles. The summed E-state index contributed by atoms with van der Waals surface area (Å²) in [6, 6.07) is 8.36. The average Bonchev–Trinajstić information content (AvgIpc) is 2.97. The van der Waals surface area contributed by atoms with Gasteiger partial charge in [-0.15, -0.1) is 0 Å². The number of carbonyl (C=O) groups excluding carboxylic acids is 1. The van der Waals surface area contributed by atoms with Crippen LogP contribution in [0.5, 0.6) is 0 Å². The second-order valence-electron chi connectivity index (χ2n) is 7.43. The van der Waals surface area contributed by atoms with Gasteiger partial charge in [-0.2, -0.15) is 5.10 Å². The monoisotopic (exact) mass is 432 g/mol. The standard InChI is InChI=1S/C22H32N4O3S/c1-6-30(28,29)25(5)15-7-14-23-22(27)13-12-21-18(3)24-26(19(21)4)16-20-10-8-17(2)9-11-20/h8-13H,6-7,14-16H2,1-5H3,(H,23,27)/b13-12+. The van der Waals surface area contributed by atoms with Crippen molar-refractivity contribution in [2.24, 2.45) is 0 Å². The van der Waals surface area contributed by atoms with Gasteiger partial charge >= 0.3 is 0 Å². The number of nitrogens with zero attached hydrogens (tertiary/aromatic N) is 3. The van der Waals surface area contributed by atoms with Crippen molar-refractivity contribution in [2.75, 3.05) is 25.9 Å². The average molecular weight is 433 g/mol. The molecule has 8 heteroatoms. The Bertz CT molecular complexity index is 992. The number of aromatic nitrogens is 2. The van der Waals surface area contributed by atoms with Crippen LogP contribution < -0.4 is 5.32 Å². The fraction of sp³-hybridized carbons (Fsp3) is 0.455. The van der Waals surface area contributed by atoms with Gasteiger partial charge in [0.2, 0.25) is 15.9 Å². The second-order valence-corrected chi connectivity index (χ2v) is 9.79. The first-order chi connectivity index (χ1) is 14.1.